The fourth-order valence-electron chi connectivity index (χ4n) is 2.38. The van der Waals surface area contributed by atoms with Crippen molar-refractivity contribution in [1.82, 2.24) is 10.2 Å². The Balaban J connectivity index is 0.00000144. The lowest BCUT2D eigenvalue weighted by Crippen LogP contribution is -2.45. The van der Waals surface area contributed by atoms with Crippen LogP contribution in [0.3, 0.4) is 0 Å². The van der Waals surface area contributed by atoms with E-state index in [0.29, 0.717) is 6.04 Å². The van der Waals surface area contributed by atoms with Gasteiger partial charge in [0.15, 0.2) is 0 Å². The van der Waals surface area contributed by atoms with Crippen molar-refractivity contribution < 1.29 is 0 Å². The van der Waals surface area contributed by atoms with Gasteiger partial charge < -0.3 is 5.32 Å². The molecular weight excluding hydrogens is 291 g/mol. The van der Waals surface area contributed by atoms with E-state index in [-0.39, 0.29) is 24.8 Å². The topological polar surface area (TPSA) is 15.3 Å². The molecule has 0 spiro atoms. The number of benzene rings is 1. The van der Waals surface area contributed by atoms with Gasteiger partial charge in [-0.2, -0.15) is 0 Å². The van der Waals surface area contributed by atoms with Crippen molar-refractivity contribution in [2.24, 2.45) is 0 Å². The number of nitrogens with zero attached hydrogens (tertiary/aromatic N) is 1. The fourth-order valence-corrected chi connectivity index (χ4v) is 2.51. The van der Waals surface area contributed by atoms with Crippen molar-refractivity contribution in [3.63, 3.8) is 0 Å². The molecule has 0 saturated carbocycles. The van der Waals surface area contributed by atoms with Gasteiger partial charge in [-0.25, -0.2) is 0 Å². The lowest BCUT2D eigenvalue weighted by atomic mass is 10.0. The lowest BCUT2D eigenvalue weighted by molar-refractivity contribution is 0.169. The summed E-state index contributed by atoms with van der Waals surface area (Å²) in [5.41, 5.74) is 1.38. The first-order chi connectivity index (χ1) is 7.81. The summed E-state index contributed by atoms with van der Waals surface area (Å²) >= 11 is 5.92. The summed E-state index contributed by atoms with van der Waals surface area (Å²) in [5.74, 6) is 0. The number of piperazine rings is 1. The Morgan fingerprint density at radius 1 is 1.17 bits per heavy atom. The van der Waals surface area contributed by atoms with E-state index in [0.717, 1.165) is 37.6 Å². The molecule has 0 aliphatic carbocycles. The Morgan fingerprint density at radius 3 is 2.22 bits per heavy atom. The SMILES string of the molecule is CC[C@H](c1ccc(Cl)cc1)N1CCNCC1.Cl.Cl. The van der Waals surface area contributed by atoms with Gasteiger partial charge in [-0.3, -0.25) is 4.90 Å². The Labute approximate surface area is 127 Å². The summed E-state index contributed by atoms with van der Waals surface area (Å²) < 4.78 is 0. The second kappa shape index (κ2) is 9.00. The van der Waals surface area contributed by atoms with Crippen molar-refractivity contribution in [3.05, 3.63) is 34.9 Å². The van der Waals surface area contributed by atoms with Gasteiger partial charge in [0, 0.05) is 37.2 Å². The zero-order chi connectivity index (χ0) is 11.4. The van der Waals surface area contributed by atoms with Crippen LogP contribution in [0.5, 0.6) is 0 Å². The monoisotopic (exact) mass is 310 g/mol. The fraction of sp³-hybridized carbons (Fsp3) is 0.538. The molecule has 18 heavy (non-hydrogen) atoms. The first-order valence-electron chi connectivity index (χ1n) is 6.01. The average Bonchev–Trinajstić information content (AvgIpc) is 2.34. The standard InChI is InChI=1S/C13H19ClN2.2ClH/c1-2-13(16-9-7-15-8-10-16)11-3-5-12(14)6-4-11;;/h3-6,13,15H,2,7-10H2,1H3;2*1H/t13-;;/m1../s1. The highest BCUT2D eigenvalue weighted by Crippen LogP contribution is 2.25. The molecule has 1 atom stereocenters. The minimum atomic E-state index is 0. The predicted octanol–water partition coefficient (Wildman–Crippen LogP) is 3.54. The smallest absolute Gasteiger partial charge is 0.0406 e. The molecule has 0 aromatic heterocycles. The van der Waals surface area contributed by atoms with Crippen LogP contribution in [0, 0.1) is 0 Å². The summed E-state index contributed by atoms with van der Waals surface area (Å²) in [4.78, 5) is 2.56. The molecule has 1 aliphatic heterocycles. The van der Waals surface area contributed by atoms with Gasteiger partial charge in [0.2, 0.25) is 0 Å². The number of halogens is 3. The molecule has 5 heteroatoms. The number of rotatable bonds is 3. The van der Waals surface area contributed by atoms with E-state index >= 15 is 0 Å². The maximum absolute atomic E-state index is 5.92. The summed E-state index contributed by atoms with van der Waals surface area (Å²) in [6, 6.07) is 8.82. The molecule has 104 valence electrons. The molecule has 1 saturated heterocycles. The van der Waals surface area contributed by atoms with Gasteiger partial charge in [-0.1, -0.05) is 30.7 Å². The van der Waals surface area contributed by atoms with Crippen LogP contribution in [0.2, 0.25) is 5.02 Å². The normalized spacial score (nSPS) is 17.4. The van der Waals surface area contributed by atoms with Crippen molar-refractivity contribution >= 4 is 36.4 Å². The van der Waals surface area contributed by atoms with Gasteiger partial charge >= 0.3 is 0 Å². The second-order valence-electron chi connectivity index (χ2n) is 4.26. The predicted molar refractivity (Wildman–Crippen MR) is 83.4 cm³/mol. The molecule has 0 unspecified atom stereocenters. The van der Waals surface area contributed by atoms with Crippen LogP contribution >= 0.6 is 36.4 Å². The molecule has 1 aliphatic rings. The summed E-state index contributed by atoms with van der Waals surface area (Å²) in [6.07, 6.45) is 1.15. The zero-order valence-corrected chi connectivity index (χ0v) is 13.0. The van der Waals surface area contributed by atoms with E-state index in [2.05, 4.69) is 29.3 Å². The zero-order valence-electron chi connectivity index (χ0n) is 10.6. The van der Waals surface area contributed by atoms with Crippen LogP contribution < -0.4 is 5.32 Å². The summed E-state index contributed by atoms with van der Waals surface area (Å²) in [5, 5.41) is 4.21. The van der Waals surface area contributed by atoms with Crippen molar-refractivity contribution in [2.45, 2.75) is 19.4 Å². The number of hydrogen-bond acceptors (Lipinski definition) is 2. The molecule has 2 nitrogen and oxygen atoms in total. The minimum absolute atomic E-state index is 0. The maximum Gasteiger partial charge on any atom is 0.0406 e. The van der Waals surface area contributed by atoms with Crippen LogP contribution in [0.1, 0.15) is 24.9 Å². The Bertz CT molecular complexity index is 324. The molecule has 1 N–H and O–H groups in total. The van der Waals surface area contributed by atoms with Gasteiger partial charge in [-0.05, 0) is 24.1 Å². The highest BCUT2D eigenvalue weighted by atomic mass is 35.5. The molecule has 1 aromatic carbocycles. The third kappa shape index (κ3) is 4.60. The third-order valence-corrected chi connectivity index (χ3v) is 3.49. The Morgan fingerprint density at radius 2 is 1.72 bits per heavy atom. The first-order valence-corrected chi connectivity index (χ1v) is 6.39. The van der Waals surface area contributed by atoms with Crippen molar-refractivity contribution in [3.8, 4) is 0 Å². The quantitative estimate of drug-likeness (QED) is 0.918. The van der Waals surface area contributed by atoms with Crippen molar-refractivity contribution in [1.29, 1.82) is 0 Å². The summed E-state index contributed by atoms with van der Waals surface area (Å²) in [6.45, 7) is 6.73. The van der Waals surface area contributed by atoms with E-state index in [4.69, 9.17) is 11.6 Å². The second-order valence-corrected chi connectivity index (χ2v) is 4.70. The lowest BCUT2D eigenvalue weighted by Gasteiger charge is -2.34. The molecular formula is C13H21Cl3N2. The highest BCUT2D eigenvalue weighted by Gasteiger charge is 2.20. The van der Waals surface area contributed by atoms with E-state index in [9.17, 15) is 0 Å². The van der Waals surface area contributed by atoms with Crippen LogP contribution in [-0.2, 0) is 0 Å². The minimum Gasteiger partial charge on any atom is -0.314 e. The molecule has 1 heterocycles. The molecule has 2 rings (SSSR count). The van der Waals surface area contributed by atoms with Crippen LogP contribution in [0.25, 0.3) is 0 Å². The molecule has 1 aromatic rings. The molecule has 1 fully saturated rings. The highest BCUT2D eigenvalue weighted by molar-refractivity contribution is 6.30. The molecule has 0 amide bonds. The Kier molecular flexibility index (Phi) is 9.01. The Hall–Kier alpha value is 0.01000. The van der Waals surface area contributed by atoms with Crippen LogP contribution in [-0.4, -0.2) is 31.1 Å². The molecule has 0 radical (unpaired) electrons. The van der Waals surface area contributed by atoms with Crippen LogP contribution in [0.4, 0.5) is 0 Å². The maximum atomic E-state index is 5.92. The van der Waals surface area contributed by atoms with E-state index in [1.807, 2.05) is 12.1 Å². The molecule has 0 bridgehead atoms. The average molecular weight is 312 g/mol. The van der Waals surface area contributed by atoms with E-state index in [1.54, 1.807) is 0 Å². The van der Waals surface area contributed by atoms with Gasteiger partial charge in [0.05, 0.1) is 0 Å². The number of nitrogens with one attached hydrogen (secondary N) is 1. The van der Waals surface area contributed by atoms with Gasteiger partial charge in [0.25, 0.3) is 0 Å². The van der Waals surface area contributed by atoms with E-state index in [1.165, 1.54) is 5.56 Å². The first kappa shape index (κ1) is 18.0. The third-order valence-electron chi connectivity index (χ3n) is 3.23. The summed E-state index contributed by atoms with van der Waals surface area (Å²) in [7, 11) is 0. The van der Waals surface area contributed by atoms with Crippen LogP contribution in [0.15, 0.2) is 24.3 Å². The van der Waals surface area contributed by atoms with Gasteiger partial charge in [-0.15, -0.1) is 24.8 Å². The largest absolute Gasteiger partial charge is 0.314 e. The number of hydrogen-bond donors (Lipinski definition) is 1. The van der Waals surface area contributed by atoms with Gasteiger partial charge in [0.1, 0.15) is 0 Å². The van der Waals surface area contributed by atoms with Crippen molar-refractivity contribution in [2.75, 3.05) is 26.2 Å². The van der Waals surface area contributed by atoms with E-state index < -0.39 is 0 Å².